The lowest BCUT2D eigenvalue weighted by Gasteiger charge is -2.24. The molecular formula is C22H36N2O7. The summed E-state index contributed by atoms with van der Waals surface area (Å²) in [6, 6.07) is 5.36. The zero-order chi connectivity index (χ0) is 24.5. The van der Waals surface area contributed by atoms with Crippen LogP contribution in [0.5, 0.6) is 0 Å². The highest BCUT2D eigenvalue weighted by molar-refractivity contribution is 5.74. The van der Waals surface area contributed by atoms with Crippen molar-refractivity contribution >= 4 is 11.7 Å². The first-order valence-electron chi connectivity index (χ1n) is 9.98. The Balaban J connectivity index is 0.000000564. The molecule has 9 nitrogen and oxygen atoms in total. The molecule has 0 radical (unpaired) electrons. The van der Waals surface area contributed by atoms with Crippen molar-refractivity contribution in [2.24, 2.45) is 17.3 Å². The number of aliphatic carboxylic acids is 1. The fourth-order valence-electron chi connectivity index (χ4n) is 3.42. The van der Waals surface area contributed by atoms with E-state index in [1.807, 2.05) is 47.9 Å². The van der Waals surface area contributed by atoms with Crippen molar-refractivity contribution in [3.05, 3.63) is 51.6 Å². The number of nitrogens with one attached hydrogen (secondary N) is 1. The van der Waals surface area contributed by atoms with Crippen molar-refractivity contribution in [3.63, 3.8) is 0 Å². The lowest BCUT2D eigenvalue weighted by Crippen LogP contribution is -3.11. The number of hydrogen-bond acceptors (Lipinski definition) is 7. The molecule has 1 aliphatic carbocycles. The molecular weight excluding hydrogens is 404 g/mol. The Bertz CT molecular complexity index is 741. The highest BCUT2D eigenvalue weighted by atomic mass is 16.6. The van der Waals surface area contributed by atoms with Gasteiger partial charge >= 0.3 is 0 Å². The summed E-state index contributed by atoms with van der Waals surface area (Å²) < 4.78 is 0. The third-order valence-corrected chi connectivity index (χ3v) is 5.44. The summed E-state index contributed by atoms with van der Waals surface area (Å²) in [7, 11) is 4.66. The second-order valence-electron chi connectivity index (χ2n) is 8.55. The molecule has 9 heteroatoms. The first kappa shape index (κ1) is 28.7. The number of carboxylic acids is 1. The minimum Gasteiger partial charge on any atom is -0.550 e. The van der Waals surface area contributed by atoms with Gasteiger partial charge in [0.05, 0.1) is 25.6 Å². The number of benzene rings is 1. The van der Waals surface area contributed by atoms with Gasteiger partial charge in [0.15, 0.2) is 0 Å². The van der Waals surface area contributed by atoms with Crippen molar-refractivity contribution < 1.29 is 35.0 Å². The van der Waals surface area contributed by atoms with E-state index in [-0.39, 0.29) is 35.6 Å². The minimum absolute atomic E-state index is 0.0151. The van der Waals surface area contributed by atoms with Crippen molar-refractivity contribution in [3.8, 4) is 0 Å². The number of aliphatic hydroxyl groups is 3. The maximum absolute atomic E-state index is 10.6. The summed E-state index contributed by atoms with van der Waals surface area (Å²) in [4.78, 5) is 21.5. The molecule has 0 saturated heterocycles. The monoisotopic (exact) mass is 440 g/mol. The molecule has 4 N–H and O–H groups in total. The van der Waals surface area contributed by atoms with Crippen LogP contribution < -0.4 is 10.0 Å². The average Bonchev–Trinajstić information content (AvgIpc) is 3.23. The molecule has 176 valence electrons. The number of nitro groups is 1. The van der Waals surface area contributed by atoms with E-state index in [4.69, 9.17) is 5.11 Å². The largest absolute Gasteiger partial charge is 0.550 e. The van der Waals surface area contributed by atoms with Crippen molar-refractivity contribution in [2.75, 3.05) is 27.8 Å². The summed E-state index contributed by atoms with van der Waals surface area (Å²) in [5.41, 5.74) is 1.63. The van der Waals surface area contributed by atoms with Crippen LogP contribution in [0.25, 0.3) is 0 Å². The van der Waals surface area contributed by atoms with E-state index < -0.39 is 17.0 Å². The molecule has 0 aromatic heterocycles. The summed E-state index contributed by atoms with van der Waals surface area (Å²) in [6.07, 6.45) is 1.19. The normalized spacial score (nSPS) is 20.2. The number of carboxylic acid groups (broad SMARTS) is 1. The lowest BCUT2D eigenvalue weighted by molar-refractivity contribution is -0.891. The van der Waals surface area contributed by atoms with Gasteiger partial charge in [-0.25, -0.2) is 0 Å². The highest BCUT2D eigenvalue weighted by Crippen LogP contribution is 2.58. The standard InChI is InChI=1S/C11H16N2O4.C10H16O2.CH4O/c1-12(2)10(7-14)11(15)8-3-5-9(6-4-8)13(16)17;1-6(2)5-7-8(9(11)12)10(7,3)4;1-2/h3-6,10-11,14-15H,7H2,1-2H3;5,7-8H,1-4H3,(H,11,12);2H,1H3/t10-,11-;7-,8+;/m11./s1. The van der Waals surface area contributed by atoms with Gasteiger partial charge in [0.25, 0.3) is 5.69 Å². The number of rotatable bonds is 7. The number of nitrogens with zero attached hydrogens (tertiary/aromatic N) is 1. The van der Waals surface area contributed by atoms with Crippen LogP contribution in [-0.4, -0.2) is 60.1 Å². The second kappa shape index (κ2) is 12.5. The molecule has 0 unspecified atom stereocenters. The number of likely N-dealkylation sites (N-methyl/N-ethyl adjacent to an activating group) is 1. The van der Waals surface area contributed by atoms with Crippen molar-refractivity contribution in [1.29, 1.82) is 0 Å². The first-order chi connectivity index (χ1) is 14.3. The molecule has 0 spiro atoms. The smallest absolute Gasteiger partial charge is 0.269 e. The van der Waals surface area contributed by atoms with E-state index in [0.717, 1.165) is 12.0 Å². The molecule has 1 saturated carbocycles. The van der Waals surface area contributed by atoms with Crippen molar-refractivity contribution in [2.45, 2.75) is 39.8 Å². The molecule has 4 atom stereocenters. The Hall–Kier alpha value is -2.33. The van der Waals surface area contributed by atoms with Gasteiger partial charge in [-0.3, -0.25) is 10.1 Å². The fourth-order valence-corrected chi connectivity index (χ4v) is 3.42. The van der Waals surface area contributed by atoms with Gasteiger partial charge in [0, 0.05) is 31.1 Å². The molecule has 1 aromatic rings. The van der Waals surface area contributed by atoms with Gasteiger partial charge in [-0.1, -0.05) is 25.5 Å². The Labute approximate surface area is 183 Å². The van der Waals surface area contributed by atoms with Crippen LogP contribution in [0, 0.1) is 27.4 Å². The number of nitro benzene ring substituents is 1. The molecule has 31 heavy (non-hydrogen) atoms. The molecule has 0 bridgehead atoms. The van der Waals surface area contributed by atoms with Crippen LogP contribution in [0.15, 0.2) is 35.9 Å². The van der Waals surface area contributed by atoms with E-state index >= 15 is 0 Å². The fraction of sp³-hybridized carbons (Fsp3) is 0.591. The SMILES string of the molecule is CC(C)=C[C@@H]1[C@@H](C(=O)[O-])C1(C)C.CO.C[NH+](C)[C@H](CO)[C@H](O)c1ccc([N+](=O)[O-])cc1. The predicted molar refractivity (Wildman–Crippen MR) is 115 cm³/mol. The number of quaternary nitrogens is 1. The molecule has 2 rings (SSSR count). The average molecular weight is 441 g/mol. The second-order valence-corrected chi connectivity index (χ2v) is 8.55. The Morgan fingerprint density at radius 3 is 2.00 bits per heavy atom. The van der Waals surface area contributed by atoms with Crippen molar-refractivity contribution in [1.82, 2.24) is 0 Å². The Kier molecular flexibility index (Phi) is 11.6. The Morgan fingerprint density at radius 1 is 1.23 bits per heavy atom. The topological polar surface area (TPSA) is 148 Å². The minimum atomic E-state index is -0.914. The maximum Gasteiger partial charge on any atom is 0.269 e. The van der Waals surface area contributed by atoms with Gasteiger partial charge in [0.1, 0.15) is 12.1 Å². The molecule has 1 aromatic carbocycles. The lowest BCUT2D eigenvalue weighted by atomic mass is 10.0. The quantitative estimate of drug-likeness (QED) is 0.259. The van der Waals surface area contributed by atoms with E-state index in [1.54, 1.807) is 0 Å². The van der Waals surface area contributed by atoms with Gasteiger partial charge in [-0.15, -0.1) is 0 Å². The zero-order valence-electron chi connectivity index (χ0n) is 19.3. The molecule has 0 heterocycles. The van der Waals surface area contributed by atoms with Crippen LogP contribution in [0.1, 0.15) is 39.4 Å². The molecule has 1 fully saturated rings. The maximum atomic E-state index is 10.6. The summed E-state index contributed by atoms with van der Waals surface area (Å²) in [5.74, 6) is -1.03. The Morgan fingerprint density at radius 2 is 1.71 bits per heavy atom. The third kappa shape index (κ3) is 8.02. The van der Waals surface area contributed by atoms with Gasteiger partial charge < -0.3 is 30.1 Å². The van der Waals surface area contributed by atoms with Crippen LogP contribution in [0.3, 0.4) is 0 Å². The van der Waals surface area contributed by atoms with E-state index in [0.29, 0.717) is 5.56 Å². The van der Waals surface area contributed by atoms with Crippen LogP contribution in [0.2, 0.25) is 0 Å². The molecule has 0 aliphatic heterocycles. The summed E-state index contributed by atoms with van der Waals surface area (Å²) in [6.45, 7) is 7.76. The predicted octanol–water partition coefficient (Wildman–Crippen LogP) is -0.283. The van der Waals surface area contributed by atoms with E-state index in [2.05, 4.69) is 0 Å². The van der Waals surface area contributed by atoms with Gasteiger partial charge in [-0.05, 0) is 42.9 Å². The number of allylic oxidation sites excluding steroid dienone is 2. The van der Waals surface area contributed by atoms with Crippen LogP contribution in [0.4, 0.5) is 5.69 Å². The summed E-state index contributed by atoms with van der Waals surface area (Å²) in [5, 5.41) is 47.3. The van der Waals surface area contributed by atoms with Crippen LogP contribution >= 0.6 is 0 Å². The number of carbonyl (C=O) groups is 1. The number of aliphatic hydroxyl groups excluding tert-OH is 3. The number of non-ortho nitro benzene ring substituents is 1. The highest BCUT2D eigenvalue weighted by Gasteiger charge is 2.56. The van der Waals surface area contributed by atoms with Gasteiger partial charge in [0.2, 0.25) is 0 Å². The summed E-state index contributed by atoms with van der Waals surface area (Å²) >= 11 is 0. The molecule has 0 amide bonds. The van der Waals surface area contributed by atoms with Crippen LogP contribution in [-0.2, 0) is 4.79 Å². The zero-order valence-corrected chi connectivity index (χ0v) is 19.3. The third-order valence-electron chi connectivity index (χ3n) is 5.44. The van der Waals surface area contributed by atoms with E-state index in [1.165, 1.54) is 29.8 Å². The van der Waals surface area contributed by atoms with E-state index in [9.17, 15) is 30.2 Å². The van der Waals surface area contributed by atoms with Gasteiger partial charge in [-0.2, -0.15) is 0 Å². The molecule has 1 aliphatic rings. The number of hydrogen-bond donors (Lipinski definition) is 4. The first-order valence-corrected chi connectivity index (χ1v) is 9.98. The number of carbonyl (C=O) groups excluding carboxylic acids is 1.